The molecule has 0 radical (unpaired) electrons. The third-order valence-electron chi connectivity index (χ3n) is 3.49. The molecule has 0 bridgehead atoms. The van der Waals surface area contributed by atoms with E-state index in [9.17, 15) is 4.79 Å². The summed E-state index contributed by atoms with van der Waals surface area (Å²) in [5.41, 5.74) is 1.92. The molecule has 0 aliphatic carbocycles. The molecule has 0 atom stereocenters. The minimum Gasteiger partial charge on any atom is -0.497 e. The first-order valence-corrected chi connectivity index (χ1v) is 8.39. The van der Waals surface area contributed by atoms with Gasteiger partial charge in [0.15, 0.2) is 5.78 Å². The number of methoxy groups -OCH3 is 1. The van der Waals surface area contributed by atoms with Crippen LogP contribution >= 0.6 is 11.3 Å². The summed E-state index contributed by atoms with van der Waals surface area (Å²) < 4.78 is 5.19. The lowest BCUT2D eigenvalue weighted by Crippen LogP contribution is -2.00. The molecule has 0 N–H and O–H groups in total. The van der Waals surface area contributed by atoms with Gasteiger partial charge < -0.3 is 4.74 Å². The van der Waals surface area contributed by atoms with E-state index >= 15 is 0 Å². The van der Waals surface area contributed by atoms with E-state index in [-0.39, 0.29) is 5.78 Å². The Hall–Kier alpha value is -2.83. The number of carbonyl (C=O) groups excluding carboxylic acids is 1. The van der Waals surface area contributed by atoms with Gasteiger partial charge in [-0.25, -0.2) is 0 Å². The van der Waals surface area contributed by atoms with Crippen LogP contribution < -0.4 is 4.74 Å². The lowest BCUT2D eigenvalue weighted by atomic mass is 10.1. The number of benzene rings is 2. The van der Waals surface area contributed by atoms with E-state index in [0.717, 1.165) is 26.6 Å². The Morgan fingerprint density at radius 3 is 2.62 bits per heavy atom. The zero-order valence-corrected chi connectivity index (χ0v) is 14.1. The second-order valence-electron chi connectivity index (χ2n) is 5.23. The summed E-state index contributed by atoms with van der Waals surface area (Å²) >= 11 is 1.44. The summed E-state index contributed by atoms with van der Waals surface area (Å²) in [5, 5.41) is 0. The van der Waals surface area contributed by atoms with Gasteiger partial charge in [-0.3, -0.25) is 4.79 Å². The van der Waals surface area contributed by atoms with Crippen molar-refractivity contribution in [3.05, 3.63) is 87.6 Å². The van der Waals surface area contributed by atoms with Crippen molar-refractivity contribution in [3.8, 4) is 17.6 Å². The Balaban J connectivity index is 1.72. The molecule has 0 aliphatic rings. The van der Waals surface area contributed by atoms with Crippen LogP contribution in [0.4, 0.5) is 0 Å². The molecule has 0 spiro atoms. The van der Waals surface area contributed by atoms with Gasteiger partial charge in [0.05, 0.1) is 16.9 Å². The maximum absolute atomic E-state index is 12.3. The Labute approximate surface area is 145 Å². The average molecular weight is 332 g/mol. The van der Waals surface area contributed by atoms with Crippen molar-refractivity contribution in [2.45, 2.75) is 6.42 Å². The van der Waals surface area contributed by atoms with Crippen molar-refractivity contribution in [3.63, 3.8) is 0 Å². The summed E-state index contributed by atoms with van der Waals surface area (Å²) in [5.74, 6) is 7.13. The number of ether oxygens (including phenoxy) is 1. The topological polar surface area (TPSA) is 26.3 Å². The molecule has 0 unspecified atom stereocenters. The number of rotatable bonds is 4. The molecule has 2 nitrogen and oxygen atoms in total. The molecule has 2 aromatic carbocycles. The van der Waals surface area contributed by atoms with Crippen molar-refractivity contribution in [1.29, 1.82) is 0 Å². The van der Waals surface area contributed by atoms with Gasteiger partial charge in [-0.1, -0.05) is 48.2 Å². The lowest BCUT2D eigenvalue weighted by molar-refractivity contribution is 0.0997. The molecule has 0 saturated heterocycles. The van der Waals surface area contributed by atoms with Crippen molar-refractivity contribution < 1.29 is 9.53 Å². The molecular formula is C21H16O2S. The summed E-state index contributed by atoms with van der Waals surface area (Å²) in [4.78, 5) is 14.0. The second kappa shape index (κ2) is 7.63. The Kier molecular flexibility index (Phi) is 5.10. The van der Waals surface area contributed by atoms with Gasteiger partial charge in [0.2, 0.25) is 0 Å². The van der Waals surface area contributed by atoms with Gasteiger partial charge in [0, 0.05) is 12.0 Å². The van der Waals surface area contributed by atoms with Crippen molar-refractivity contribution in [2.75, 3.05) is 7.11 Å². The summed E-state index contributed by atoms with van der Waals surface area (Å²) in [6, 6.07) is 21.1. The Morgan fingerprint density at radius 1 is 1.00 bits per heavy atom. The fourth-order valence-electron chi connectivity index (χ4n) is 2.26. The van der Waals surface area contributed by atoms with Crippen LogP contribution in [-0.2, 0) is 6.42 Å². The third kappa shape index (κ3) is 4.13. The first-order chi connectivity index (χ1) is 11.7. The van der Waals surface area contributed by atoms with E-state index in [1.54, 1.807) is 7.11 Å². The monoisotopic (exact) mass is 332 g/mol. The van der Waals surface area contributed by atoms with Crippen LogP contribution in [0.2, 0.25) is 0 Å². The van der Waals surface area contributed by atoms with E-state index in [1.165, 1.54) is 11.3 Å². The minimum atomic E-state index is 0.126. The number of thiophene rings is 1. The van der Waals surface area contributed by atoms with Crippen molar-refractivity contribution >= 4 is 17.1 Å². The highest BCUT2D eigenvalue weighted by Gasteiger charge is 2.09. The summed E-state index contributed by atoms with van der Waals surface area (Å²) in [7, 11) is 1.64. The van der Waals surface area contributed by atoms with Crippen molar-refractivity contribution in [2.24, 2.45) is 0 Å². The molecule has 118 valence electrons. The van der Waals surface area contributed by atoms with Crippen LogP contribution in [0.5, 0.6) is 5.75 Å². The number of hydrogen-bond acceptors (Lipinski definition) is 3. The van der Waals surface area contributed by atoms with Gasteiger partial charge in [0.1, 0.15) is 5.75 Å². The quantitative estimate of drug-likeness (QED) is 0.516. The van der Waals surface area contributed by atoms with E-state index in [2.05, 4.69) is 11.8 Å². The third-order valence-corrected chi connectivity index (χ3v) is 4.53. The molecule has 0 aliphatic heterocycles. The van der Waals surface area contributed by atoms with Crippen LogP contribution in [0.15, 0.2) is 66.7 Å². The van der Waals surface area contributed by atoms with Crippen LogP contribution in [0, 0.1) is 11.8 Å². The summed E-state index contributed by atoms with van der Waals surface area (Å²) in [6.07, 6.45) is 0.421. The standard InChI is InChI=1S/C21H16O2S/c1-23-18-9-5-8-17(14-18)10-11-19-12-13-21(24-19)20(22)15-16-6-3-2-4-7-16/h2-9,12-14H,15H2,1H3. The first-order valence-electron chi connectivity index (χ1n) is 7.57. The van der Waals surface area contributed by atoms with Gasteiger partial charge in [-0.2, -0.15) is 0 Å². The smallest absolute Gasteiger partial charge is 0.177 e. The van der Waals surface area contributed by atoms with Gasteiger partial charge in [0.25, 0.3) is 0 Å². The summed E-state index contributed by atoms with van der Waals surface area (Å²) in [6.45, 7) is 0. The van der Waals surface area contributed by atoms with Gasteiger partial charge >= 0.3 is 0 Å². The maximum atomic E-state index is 12.3. The predicted molar refractivity (Wildman–Crippen MR) is 97.8 cm³/mol. The lowest BCUT2D eigenvalue weighted by Gasteiger charge is -1.98. The number of carbonyl (C=O) groups is 1. The highest BCUT2D eigenvalue weighted by molar-refractivity contribution is 7.14. The zero-order valence-electron chi connectivity index (χ0n) is 13.3. The fourth-order valence-corrected chi connectivity index (χ4v) is 3.06. The normalized spacial score (nSPS) is 9.88. The molecule has 3 rings (SSSR count). The molecule has 1 heterocycles. The molecule has 0 saturated carbocycles. The first kappa shape index (κ1) is 16.0. The number of ketones is 1. The molecule has 3 aromatic rings. The van der Waals surface area contributed by atoms with E-state index in [1.807, 2.05) is 66.7 Å². The van der Waals surface area contributed by atoms with Crippen LogP contribution in [0.25, 0.3) is 0 Å². The molecule has 3 heteroatoms. The SMILES string of the molecule is COc1cccc(C#Cc2ccc(C(=O)Cc3ccccc3)s2)c1. The van der Waals surface area contributed by atoms with E-state index < -0.39 is 0 Å². The van der Waals surface area contributed by atoms with E-state index in [4.69, 9.17) is 4.74 Å². The van der Waals surface area contributed by atoms with Crippen molar-refractivity contribution in [1.82, 2.24) is 0 Å². The van der Waals surface area contributed by atoms with E-state index in [0.29, 0.717) is 6.42 Å². The van der Waals surface area contributed by atoms with Gasteiger partial charge in [-0.15, -0.1) is 11.3 Å². The number of Topliss-reactive ketones (excluding diaryl/α,β-unsaturated/α-hetero) is 1. The molecule has 24 heavy (non-hydrogen) atoms. The van der Waals surface area contributed by atoms with Crippen LogP contribution in [0.1, 0.15) is 25.7 Å². The fraction of sp³-hybridized carbons (Fsp3) is 0.0952. The van der Waals surface area contributed by atoms with Gasteiger partial charge in [-0.05, 0) is 35.9 Å². The minimum absolute atomic E-state index is 0.126. The molecule has 0 fully saturated rings. The Morgan fingerprint density at radius 2 is 1.83 bits per heavy atom. The van der Waals surface area contributed by atoms with Crippen LogP contribution in [-0.4, -0.2) is 12.9 Å². The zero-order chi connectivity index (χ0) is 16.8. The highest BCUT2D eigenvalue weighted by Crippen LogP contribution is 2.18. The average Bonchev–Trinajstić information content (AvgIpc) is 3.10. The molecule has 0 amide bonds. The largest absolute Gasteiger partial charge is 0.497 e. The maximum Gasteiger partial charge on any atom is 0.177 e. The molecular weight excluding hydrogens is 316 g/mol. The molecule has 1 aromatic heterocycles. The highest BCUT2D eigenvalue weighted by atomic mass is 32.1. The second-order valence-corrected chi connectivity index (χ2v) is 6.32. The van der Waals surface area contributed by atoms with Crippen LogP contribution in [0.3, 0.4) is 0 Å². The Bertz CT molecular complexity index is 898. The number of hydrogen-bond donors (Lipinski definition) is 0. The predicted octanol–water partition coefficient (Wildman–Crippen LogP) is 4.58.